The van der Waals surface area contributed by atoms with Gasteiger partial charge >= 0.3 is 0 Å². The van der Waals surface area contributed by atoms with Crippen molar-refractivity contribution < 1.29 is 14.0 Å². The van der Waals surface area contributed by atoms with Crippen LogP contribution in [0.5, 0.6) is 0 Å². The van der Waals surface area contributed by atoms with E-state index in [0.717, 1.165) is 18.4 Å². The molecular formula is C22H28N4O3. The number of carbonyl (C=O) groups is 2. The summed E-state index contributed by atoms with van der Waals surface area (Å²) in [6, 6.07) is 9.40. The molecule has 0 bridgehead atoms. The second-order valence-corrected chi connectivity index (χ2v) is 8.61. The minimum Gasteiger partial charge on any atom is -0.425 e. The molecule has 154 valence electrons. The third kappa shape index (κ3) is 3.66. The molecule has 2 saturated heterocycles. The molecular weight excluding hydrogens is 368 g/mol. The van der Waals surface area contributed by atoms with Crippen molar-refractivity contribution in [3.8, 4) is 0 Å². The highest BCUT2D eigenvalue weighted by molar-refractivity contribution is 5.94. The highest BCUT2D eigenvalue weighted by atomic mass is 16.4. The number of carbonyl (C=O) groups excluding carboxylic acids is 2. The second kappa shape index (κ2) is 7.61. The summed E-state index contributed by atoms with van der Waals surface area (Å²) in [6.07, 6.45) is 1.64. The van der Waals surface area contributed by atoms with Crippen LogP contribution in [0.2, 0.25) is 0 Å². The zero-order valence-corrected chi connectivity index (χ0v) is 17.3. The summed E-state index contributed by atoms with van der Waals surface area (Å²) in [7, 11) is 0. The van der Waals surface area contributed by atoms with Crippen molar-refractivity contribution in [3.05, 3.63) is 47.7 Å². The van der Waals surface area contributed by atoms with Gasteiger partial charge in [0.15, 0.2) is 0 Å². The quantitative estimate of drug-likeness (QED) is 0.797. The Labute approximate surface area is 171 Å². The smallest absolute Gasteiger partial charge is 0.253 e. The maximum atomic E-state index is 12.8. The van der Waals surface area contributed by atoms with Gasteiger partial charge < -0.3 is 14.2 Å². The van der Waals surface area contributed by atoms with Gasteiger partial charge in [0.1, 0.15) is 0 Å². The van der Waals surface area contributed by atoms with E-state index in [1.54, 1.807) is 6.92 Å². The molecule has 2 aromatic rings. The summed E-state index contributed by atoms with van der Waals surface area (Å²) in [6.45, 7) is 8.27. The first-order valence-corrected chi connectivity index (χ1v) is 10.3. The molecule has 1 aromatic carbocycles. The van der Waals surface area contributed by atoms with Gasteiger partial charge in [-0.15, -0.1) is 10.2 Å². The Balaban J connectivity index is 1.54. The largest absolute Gasteiger partial charge is 0.425 e. The van der Waals surface area contributed by atoms with E-state index in [1.807, 2.05) is 54.0 Å². The monoisotopic (exact) mass is 396 g/mol. The van der Waals surface area contributed by atoms with Crippen molar-refractivity contribution in [1.82, 2.24) is 20.0 Å². The SMILES string of the molecule is Cc1nnc(C2CN(C(=O)C(C)C)CC23CCN(C(=O)c2ccccc2)CC3)o1. The fourth-order valence-corrected chi connectivity index (χ4v) is 4.72. The molecule has 7 nitrogen and oxygen atoms in total. The molecule has 0 saturated carbocycles. The van der Waals surface area contributed by atoms with Crippen molar-refractivity contribution in [2.24, 2.45) is 11.3 Å². The molecule has 1 spiro atoms. The number of aromatic nitrogens is 2. The van der Waals surface area contributed by atoms with Crippen LogP contribution in [0.4, 0.5) is 0 Å². The minimum absolute atomic E-state index is 0.0142. The first kappa shape index (κ1) is 19.6. The molecule has 7 heteroatoms. The standard InChI is InChI=1S/C22H28N4O3/c1-15(2)20(27)26-13-18(19-24-23-16(3)29-19)22(14-26)9-11-25(12-10-22)21(28)17-7-5-4-6-8-17/h4-8,15,18H,9-14H2,1-3H3. The highest BCUT2D eigenvalue weighted by Gasteiger charge is 2.52. The Morgan fingerprint density at radius 2 is 1.79 bits per heavy atom. The minimum atomic E-state index is -0.128. The van der Waals surface area contributed by atoms with E-state index >= 15 is 0 Å². The van der Waals surface area contributed by atoms with Crippen LogP contribution in [0.25, 0.3) is 0 Å². The molecule has 4 rings (SSSR count). The number of nitrogens with zero attached hydrogens (tertiary/aromatic N) is 4. The molecule has 2 aliphatic rings. The number of amides is 2. The van der Waals surface area contributed by atoms with Gasteiger partial charge in [-0.05, 0) is 25.0 Å². The Bertz CT molecular complexity index is 884. The normalized spacial score (nSPS) is 21.2. The van der Waals surface area contributed by atoms with E-state index in [9.17, 15) is 9.59 Å². The number of benzene rings is 1. The summed E-state index contributed by atoms with van der Waals surface area (Å²) in [5.41, 5.74) is 0.590. The summed E-state index contributed by atoms with van der Waals surface area (Å²) in [5.74, 6) is 1.35. The third-order valence-corrected chi connectivity index (χ3v) is 6.36. The average Bonchev–Trinajstić information content (AvgIpc) is 3.32. The molecule has 1 atom stereocenters. The van der Waals surface area contributed by atoms with Gasteiger partial charge in [0, 0.05) is 50.0 Å². The first-order chi connectivity index (χ1) is 13.9. The predicted octanol–water partition coefficient (Wildman–Crippen LogP) is 2.88. The van der Waals surface area contributed by atoms with Gasteiger partial charge in [-0.3, -0.25) is 9.59 Å². The number of hydrogen-bond donors (Lipinski definition) is 0. The molecule has 2 amide bonds. The summed E-state index contributed by atoms with van der Waals surface area (Å²) >= 11 is 0. The number of likely N-dealkylation sites (tertiary alicyclic amines) is 2. The lowest BCUT2D eigenvalue weighted by Gasteiger charge is -2.41. The van der Waals surface area contributed by atoms with Gasteiger partial charge in [0.25, 0.3) is 5.91 Å². The Morgan fingerprint density at radius 1 is 1.10 bits per heavy atom. The van der Waals surface area contributed by atoms with Crippen LogP contribution in [-0.2, 0) is 4.79 Å². The fraction of sp³-hybridized carbons (Fsp3) is 0.545. The number of piperidine rings is 1. The van der Waals surface area contributed by atoms with Crippen LogP contribution in [-0.4, -0.2) is 58.0 Å². The molecule has 1 unspecified atom stereocenters. The maximum Gasteiger partial charge on any atom is 0.253 e. The van der Waals surface area contributed by atoms with Crippen molar-refractivity contribution in [2.75, 3.05) is 26.2 Å². The fourth-order valence-electron chi connectivity index (χ4n) is 4.72. The lowest BCUT2D eigenvalue weighted by atomic mass is 9.70. The molecule has 29 heavy (non-hydrogen) atoms. The maximum absolute atomic E-state index is 12.8. The van der Waals surface area contributed by atoms with Crippen LogP contribution < -0.4 is 0 Å². The highest BCUT2D eigenvalue weighted by Crippen LogP contribution is 2.49. The number of hydrogen-bond acceptors (Lipinski definition) is 5. The summed E-state index contributed by atoms with van der Waals surface area (Å²) < 4.78 is 5.79. The van der Waals surface area contributed by atoms with Gasteiger partial charge in [-0.1, -0.05) is 32.0 Å². The number of aryl methyl sites for hydroxylation is 1. The lowest BCUT2D eigenvalue weighted by Crippen LogP contribution is -2.46. The van der Waals surface area contributed by atoms with E-state index in [-0.39, 0.29) is 29.1 Å². The predicted molar refractivity (Wildman–Crippen MR) is 107 cm³/mol. The van der Waals surface area contributed by atoms with Gasteiger partial charge in [0.2, 0.25) is 17.7 Å². The van der Waals surface area contributed by atoms with Crippen molar-refractivity contribution in [3.63, 3.8) is 0 Å². The summed E-state index contributed by atoms with van der Waals surface area (Å²) in [4.78, 5) is 29.4. The second-order valence-electron chi connectivity index (χ2n) is 8.61. The van der Waals surface area contributed by atoms with Gasteiger partial charge in [0.05, 0.1) is 5.92 Å². The summed E-state index contributed by atoms with van der Waals surface area (Å²) in [5, 5.41) is 8.29. The Hall–Kier alpha value is -2.70. The topological polar surface area (TPSA) is 79.5 Å². The molecule has 1 aromatic heterocycles. The van der Waals surface area contributed by atoms with Crippen LogP contribution in [0.3, 0.4) is 0 Å². The van der Waals surface area contributed by atoms with Gasteiger partial charge in [-0.25, -0.2) is 0 Å². The average molecular weight is 396 g/mol. The van der Waals surface area contributed by atoms with Gasteiger partial charge in [-0.2, -0.15) is 0 Å². The van der Waals surface area contributed by atoms with Crippen LogP contribution in [0.15, 0.2) is 34.7 Å². The van der Waals surface area contributed by atoms with Crippen molar-refractivity contribution >= 4 is 11.8 Å². The van der Waals surface area contributed by atoms with Crippen LogP contribution >= 0.6 is 0 Å². The number of rotatable bonds is 3. The lowest BCUT2D eigenvalue weighted by molar-refractivity contribution is -0.133. The van der Waals surface area contributed by atoms with Crippen LogP contribution in [0.1, 0.15) is 54.7 Å². The van der Waals surface area contributed by atoms with E-state index in [4.69, 9.17) is 4.42 Å². The zero-order valence-electron chi connectivity index (χ0n) is 17.3. The Kier molecular flexibility index (Phi) is 5.15. The van der Waals surface area contributed by atoms with E-state index < -0.39 is 0 Å². The van der Waals surface area contributed by atoms with E-state index in [0.29, 0.717) is 38.0 Å². The molecule has 0 aliphatic carbocycles. The first-order valence-electron chi connectivity index (χ1n) is 10.3. The van der Waals surface area contributed by atoms with Crippen LogP contribution in [0, 0.1) is 18.3 Å². The molecule has 0 N–H and O–H groups in total. The zero-order chi connectivity index (χ0) is 20.6. The van der Waals surface area contributed by atoms with E-state index in [1.165, 1.54) is 0 Å². The van der Waals surface area contributed by atoms with E-state index in [2.05, 4.69) is 10.2 Å². The third-order valence-electron chi connectivity index (χ3n) is 6.36. The molecule has 2 fully saturated rings. The Morgan fingerprint density at radius 3 is 2.38 bits per heavy atom. The molecule has 3 heterocycles. The van der Waals surface area contributed by atoms with Crippen molar-refractivity contribution in [2.45, 2.75) is 39.5 Å². The van der Waals surface area contributed by atoms with Crippen molar-refractivity contribution in [1.29, 1.82) is 0 Å². The molecule has 0 radical (unpaired) electrons. The molecule has 2 aliphatic heterocycles.